The maximum absolute atomic E-state index is 11.9. The van der Waals surface area contributed by atoms with Crippen LogP contribution in [0, 0.1) is 0 Å². The predicted octanol–water partition coefficient (Wildman–Crippen LogP) is 2.69. The summed E-state index contributed by atoms with van der Waals surface area (Å²) < 4.78 is 0. The van der Waals surface area contributed by atoms with Gasteiger partial charge in [-0.15, -0.1) is 0 Å². The predicted molar refractivity (Wildman–Crippen MR) is 69.9 cm³/mol. The zero-order chi connectivity index (χ0) is 13.5. The van der Waals surface area contributed by atoms with Crippen molar-refractivity contribution in [2.45, 2.75) is 39.2 Å². The highest BCUT2D eigenvalue weighted by Crippen LogP contribution is 2.07. The Morgan fingerprint density at radius 3 is 2.17 bits per heavy atom. The van der Waals surface area contributed by atoms with Crippen LogP contribution >= 0.6 is 0 Å². The molecular weight excluding hydrogens is 230 g/mol. The van der Waals surface area contributed by atoms with Gasteiger partial charge in [-0.3, -0.25) is 4.79 Å². The zero-order valence-electron chi connectivity index (χ0n) is 10.8. The van der Waals surface area contributed by atoms with E-state index in [4.69, 9.17) is 5.11 Å². The van der Waals surface area contributed by atoms with Crippen LogP contribution in [-0.2, 0) is 0 Å². The topological polar surface area (TPSA) is 66.4 Å². The lowest BCUT2D eigenvalue weighted by atomic mass is 10.1. The van der Waals surface area contributed by atoms with Gasteiger partial charge in [-0.2, -0.15) is 0 Å². The van der Waals surface area contributed by atoms with Crippen LogP contribution in [0.25, 0.3) is 0 Å². The Bertz CT molecular complexity index is 412. The summed E-state index contributed by atoms with van der Waals surface area (Å²) in [6, 6.07) is 6.15. The molecular formula is C14H19NO3. The molecule has 1 aromatic carbocycles. The van der Waals surface area contributed by atoms with Crippen molar-refractivity contribution in [3.05, 3.63) is 35.4 Å². The molecule has 4 heteroatoms. The van der Waals surface area contributed by atoms with Gasteiger partial charge in [0.15, 0.2) is 0 Å². The SMILES string of the molecule is CCCC(CC)NC(=O)c1ccc(C(=O)O)cc1. The minimum Gasteiger partial charge on any atom is -0.478 e. The molecule has 1 aromatic rings. The van der Waals surface area contributed by atoms with Gasteiger partial charge in [0.25, 0.3) is 5.91 Å². The van der Waals surface area contributed by atoms with Gasteiger partial charge in [0.2, 0.25) is 0 Å². The summed E-state index contributed by atoms with van der Waals surface area (Å²) >= 11 is 0. The van der Waals surface area contributed by atoms with Crippen molar-refractivity contribution in [1.29, 1.82) is 0 Å². The molecule has 0 aliphatic rings. The molecule has 4 nitrogen and oxygen atoms in total. The van der Waals surface area contributed by atoms with Gasteiger partial charge in [0.05, 0.1) is 5.56 Å². The quantitative estimate of drug-likeness (QED) is 0.814. The summed E-state index contributed by atoms with van der Waals surface area (Å²) in [6.45, 7) is 4.12. The molecule has 0 fully saturated rings. The summed E-state index contributed by atoms with van der Waals surface area (Å²) in [5.41, 5.74) is 0.682. The van der Waals surface area contributed by atoms with Gasteiger partial charge in [-0.1, -0.05) is 20.3 Å². The van der Waals surface area contributed by atoms with Crippen LogP contribution in [0.15, 0.2) is 24.3 Å². The third-order valence-electron chi connectivity index (χ3n) is 2.86. The van der Waals surface area contributed by atoms with Crippen molar-refractivity contribution < 1.29 is 14.7 Å². The number of amides is 1. The number of benzene rings is 1. The van der Waals surface area contributed by atoms with Crippen molar-refractivity contribution in [2.24, 2.45) is 0 Å². The molecule has 0 radical (unpaired) electrons. The van der Waals surface area contributed by atoms with E-state index in [1.54, 1.807) is 0 Å². The molecule has 0 aromatic heterocycles. The molecule has 0 spiro atoms. The molecule has 0 bridgehead atoms. The average molecular weight is 249 g/mol. The Hall–Kier alpha value is -1.84. The number of hydrogen-bond donors (Lipinski definition) is 2. The number of hydrogen-bond acceptors (Lipinski definition) is 2. The smallest absolute Gasteiger partial charge is 0.335 e. The number of carboxylic acids is 1. The first kappa shape index (κ1) is 14.2. The zero-order valence-corrected chi connectivity index (χ0v) is 10.8. The average Bonchev–Trinajstić information content (AvgIpc) is 2.38. The normalized spacial score (nSPS) is 11.9. The Morgan fingerprint density at radius 1 is 1.17 bits per heavy atom. The fourth-order valence-electron chi connectivity index (χ4n) is 1.76. The van der Waals surface area contributed by atoms with E-state index in [0.29, 0.717) is 5.56 Å². The van der Waals surface area contributed by atoms with E-state index >= 15 is 0 Å². The van der Waals surface area contributed by atoms with Crippen molar-refractivity contribution in [3.8, 4) is 0 Å². The number of rotatable bonds is 6. The van der Waals surface area contributed by atoms with Gasteiger partial charge in [0, 0.05) is 11.6 Å². The third kappa shape index (κ3) is 3.87. The molecule has 0 heterocycles. The fraction of sp³-hybridized carbons (Fsp3) is 0.429. The van der Waals surface area contributed by atoms with Crippen LogP contribution in [0.2, 0.25) is 0 Å². The van der Waals surface area contributed by atoms with Crippen LogP contribution in [0.1, 0.15) is 53.8 Å². The molecule has 0 saturated carbocycles. The van der Waals surface area contributed by atoms with Crippen LogP contribution < -0.4 is 5.32 Å². The molecule has 0 aliphatic carbocycles. The Labute approximate surface area is 107 Å². The highest BCUT2D eigenvalue weighted by Gasteiger charge is 2.12. The van der Waals surface area contributed by atoms with E-state index in [1.165, 1.54) is 24.3 Å². The number of carbonyl (C=O) groups excluding carboxylic acids is 1. The monoisotopic (exact) mass is 249 g/mol. The molecule has 1 atom stereocenters. The van der Waals surface area contributed by atoms with E-state index < -0.39 is 5.97 Å². The second-order valence-corrected chi connectivity index (χ2v) is 4.25. The van der Waals surface area contributed by atoms with Crippen LogP contribution in [-0.4, -0.2) is 23.0 Å². The van der Waals surface area contributed by atoms with Crippen molar-refractivity contribution in [2.75, 3.05) is 0 Å². The summed E-state index contributed by atoms with van der Waals surface area (Å²) in [7, 11) is 0. The van der Waals surface area contributed by atoms with Gasteiger partial charge < -0.3 is 10.4 Å². The summed E-state index contributed by atoms with van der Waals surface area (Å²) in [5.74, 6) is -1.13. The number of carbonyl (C=O) groups is 2. The highest BCUT2D eigenvalue weighted by atomic mass is 16.4. The van der Waals surface area contributed by atoms with Gasteiger partial charge in [-0.25, -0.2) is 4.79 Å². The lowest BCUT2D eigenvalue weighted by Crippen LogP contribution is -2.34. The standard InChI is InChI=1S/C14H19NO3/c1-3-5-12(4-2)15-13(16)10-6-8-11(9-7-10)14(17)18/h6-9,12H,3-5H2,1-2H3,(H,15,16)(H,17,18). The van der Waals surface area contributed by atoms with Crippen molar-refractivity contribution in [3.63, 3.8) is 0 Å². The first-order valence-corrected chi connectivity index (χ1v) is 6.22. The maximum atomic E-state index is 11.9. The Morgan fingerprint density at radius 2 is 1.72 bits per heavy atom. The highest BCUT2D eigenvalue weighted by molar-refractivity contribution is 5.96. The molecule has 0 aliphatic heterocycles. The molecule has 1 unspecified atom stereocenters. The van der Waals surface area contributed by atoms with E-state index in [2.05, 4.69) is 12.2 Å². The third-order valence-corrected chi connectivity index (χ3v) is 2.86. The molecule has 1 rings (SSSR count). The summed E-state index contributed by atoms with van der Waals surface area (Å²) in [5, 5.41) is 11.7. The van der Waals surface area contributed by atoms with Crippen molar-refractivity contribution >= 4 is 11.9 Å². The summed E-state index contributed by atoms with van der Waals surface area (Å²) in [6.07, 6.45) is 2.87. The van der Waals surface area contributed by atoms with Crippen LogP contribution in [0.3, 0.4) is 0 Å². The molecule has 0 saturated heterocycles. The molecule has 98 valence electrons. The fourth-order valence-corrected chi connectivity index (χ4v) is 1.76. The lowest BCUT2D eigenvalue weighted by Gasteiger charge is -2.16. The first-order valence-electron chi connectivity index (χ1n) is 6.22. The van der Waals surface area contributed by atoms with Gasteiger partial charge >= 0.3 is 5.97 Å². The van der Waals surface area contributed by atoms with Crippen LogP contribution in [0.4, 0.5) is 0 Å². The van der Waals surface area contributed by atoms with Gasteiger partial charge in [0.1, 0.15) is 0 Å². The van der Waals surface area contributed by atoms with E-state index in [-0.39, 0.29) is 17.5 Å². The Kier molecular flexibility index (Phi) is 5.36. The van der Waals surface area contributed by atoms with Gasteiger partial charge in [-0.05, 0) is 37.1 Å². The van der Waals surface area contributed by atoms with E-state index in [0.717, 1.165) is 19.3 Å². The van der Waals surface area contributed by atoms with Crippen LogP contribution in [0.5, 0.6) is 0 Å². The number of aromatic carboxylic acids is 1. The number of nitrogens with one attached hydrogen (secondary N) is 1. The second-order valence-electron chi connectivity index (χ2n) is 4.25. The second kappa shape index (κ2) is 6.79. The molecule has 1 amide bonds. The molecule has 18 heavy (non-hydrogen) atoms. The number of carboxylic acid groups (broad SMARTS) is 1. The summed E-state index contributed by atoms with van der Waals surface area (Å²) in [4.78, 5) is 22.6. The van der Waals surface area contributed by atoms with E-state index in [9.17, 15) is 9.59 Å². The Balaban J connectivity index is 2.69. The largest absolute Gasteiger partial charge is 0.478 e. The molecule has 2 N–H and O–H groups in total. The minimum absolute atomic E-state index is 0.146. The first-order chi connectivity index (χ1) is 8.58. The minimum atomic E-state index is -0.987. The van der Waals surface area contributed by atoms with Crippen molar-refractivity contribution in [1.82, 2.24) is 5.32 Å². The lowest BCUT2D eigenvalue weighted by molar-refractivity contribution is 0.0696. The maximum Gasteiger partial charge on any atom is 0.335 e. The van der Waals surface area contributed by atoms with E-state index in [1.807, 2.05) is 6.92 Å².